The second-order valence-corrected chi connectivity index (χ2v) is 8.07. The van der Waals surface area contributed by atoms with Crippen LogP contribution in [0.4, 0.5) is 5.82 Å². The number of fused-ring (bicyclic) bond motifs is 1. The number of nitrogens with zero attached hydrogens (tertiary/aromatic N) is 1. The maximum atomic E-state index is 5.94. The Labute approximate surface area is 107 Å². The van der Waals surface area contributed by atoms with Gasteiger partial charge in [-0.05, 0) is 28.6 Å². The van der Waals surface area contributed by atoms with E-state index in [-0.39, 0.29) is 13.0 Å². The van der Waals surface area contributed by atoms with Crippen molar-refractivity contribution in [3.63, 3.8) is 0 Å². The van der Waals surface area contributed by atoms with Gasteiger partial charge in [0.05, 0.1) is 11.0 Å². The van der Waals surface area contributed by atoms with Gasteiger partial charge in [-0.3, -0.25) is 0 Å². The fourth-order valence-corrected chi connectivity index (χ4v) is 3.54. The number of hydrogen-bond acceptors (Lipinski definition) is 3. The van der Waals surface area contributed by atoms with Crippen molar-refractivity contribution in [2.45, 2.75) is 26.2 Å². The molecule has 90 valence electrons. The quantitative estimate of drug-likeness (QED) is 0.803. The summed E-state index contributed by atoms with van der Waals surface area (Å²) in [7, 11) is -0.354. The predicted molar refractivity (Wildman–Crippen MR) is 82.3 cm³/mol. The van der Waals surface area contributed by atoms with Gasteiger partial charge in [-0.15, -0.1) is 0 Å². The molecule has 2 nitrogen and oxygen atoms in total. The standard InChI is InChI=1S/C13H18N2PS/c1-13(2,3)10-7-8(16(4)5)6-9-11(10)17-15-12(9)14/h6-7H,4H2,1-3,5H3,(H2,14,15)/q+1. The summed E-state index contributed by atoms with van der Waals surface area (Å²) < 4.78 is 5.49. The number of aromatic nitrogens is 1. The summed E-state index contributed by atoms with van der Waals surface area (Å²) in [5.41, 5.74) is 7.38. The van der Waals surface area contributed by atoms with Gasteiger partial charge in [0.15, 0.2) is 0 Å². The summed E-state index contributed by atoms with van der Waals surface area (Å²) in [6, 6.07) is 4.43. The predicted octanol–water partition coefficient (Wildman–Crippen LogP) is 3.35. The molecule has 0 saturated carbocycles. The summed E-state index contributed by atoms with van der Waals surface area (Å²) in [6.45, 7) is 8.84. The minimum absolute atomic E-state index is 0.110. The molecule has 0 saturated heterocycles. The molecule has 0 bridgehead atoms. The van der Waals surface area contributed by atoms with Crippen molar-refractivity contribution in [1.29, 1.82) is 0 Å². The lowest BCUT2D eigenvalue weighted by atomic mass is 9.86. The van der Waals surface area contributed by atoms with E-state index in [0.29, 0.717) is 5.82 Å². The van der Waals surface area contributed by atoms with E-state index < -0.39 is 0 Å². The third kappa shape index (κ3) is 2.22. The van der Waals surface area contributed by atoms with Crippen LogP contribution < -0.4 is 11.0 Å². The van der Waals surface area contributed by atoms with Crippen LogP contribution in [-0.4, -0.2) is 17.3 Å². The lowest BCUT2D eigenvalue weighted by Gasteiger charge is -2.19. The lowest BCUT2D eigenvalue weighted by Crippen LogP contribution is -2.14. The molecule has 4 heteroatoms. The number of benzene rings is 1. The monoisotopic (exact) mass is 265 g/mol. The summed E-state index contributed by atoms with van der Waals surface area (Å²) in [6.07, 6.45) is 4.16. The van der Waals surface area contributed by atoms with Crippen LogP contribution in [0, 0.1) is 0 Å². The first-order chi connectivity index (χ1) is 7.80. The van der Waals surface area contributed by atoms with Crippen LogP contribution in [0.5, 0.6) is 0 Å². The highest BCUT2D eigenvalue weighted by Crippen LogP contribution is 2.35. The molecular formula is C13H18N2PS+. The van der Waals surface area contributed by atoms with Crippen LogP contribution in [0.25, 0.3) is 10.1 Å². The molecule has 0 amide bonds. The van der Waals surface area contributed by atoms with Gasteiger partial charge >= 0.3 is 0 Å². The Morgan fingerprint density at radius 3 is 2.53 bits per heavy atom. The van der Waals surface area contributed by atoms with Gasteiger partial charge in [-0.2, -0.15) is 4.37 Å². The molecule has 17 heavy (non-hydrogen) atoms. The van der Waals surface area contributed by atoms with Crippen LogP contribution in [-0.2, 0) is 5.41 Å². The van der Waals surface area contributed by atoms with E-state index in [4.69, 9.17) is 5.73 Å². The molecule has 1 unspecified atom stereocenters. The van der Waals surface area contributed by atoms with Gasteiger partial charge in [0.2, 0.25) is 0 Å². The van der Waals surface area contributed by atoms with Crippen molar-refractivity contribution >= 4 is 46.6 Å². The highest BCUT2D eigenvalue weighted by molar-refractivity contribution is 7.62. The number of nitrogen functional groups attached to an aromatic ring is 1. The van der Waals surface area contributed by atoms with E-state index in [9.17, 15) is 0 Å². The number of nitrogens with two attached hydrogens (primary N) is 1. The molecule has 0 aliphatic carbocycles. The van der Waals surface area contributed by atoms with E-state index in [2.05, 4.69) is 50.2 Å². The minimum atomic E-state index is -0.354. The molecule has 0 spiro atoms. The van der Waals surface area contributed by atoms with Gasteiger partial charge < -0.3 is 5.73 Å². The molecule has 0 aliphatic rings. The van der Waals surface area contributed by atoms with E-state index in [0.717, 1.165) is 5.39 Å². The Balaban J connectivity index is 2.85. The summed E-state index contributed by atoms with van der Waals surface area (Å²) >= 11 is 1.50. The Morgan fingerprint density at radius 1 is 1.35 bits per heavy atom. The van der Waals surface area contributed by atoms with Gasteiger partial charge in [0, 0.05) is 11.5 Å². The highest BCUT2D eigenvalue weighted by atomic mass is 32.1. The van der Waals surface area contributed by atoms with Crippen molar-refractivity contribution in [3.8, 4) is 0 Å². The second kappa shape index (κ2) is 4.08. The highest BCUT2D eigenvalue weighted by Gasteiger charge is 2.22. The molecule has 1 aromatic heterocycles. The smallest absolute Gasteiger partial charge is 0.148 e. The first-order valence-electron chi connectivity index (χ1n) is 5.54. The zero-order valence-corrected chi connectivity index (χ0v) is 12.5. The maximum Gasteiger partial charge on any atom is 0.148 e. The van der Waals surface area contributed by atoms with Crippen LogP contribution in [0.1, 0.15) is 26.3 Å². The Hall–Kier alpha value is -0.920. The molecule has 1 aromatic carbocycles. The Bertz CT molecular complexity index is 593. The molecule has 0 fully saturated rings. The number of rotatable bonds is 1. The largest absolute Gasteiger partial charge is 0.382 e. The third-order valence-corrected chi connectivity index (χ3v) is 4.88. The molecule has 0 aliphatic heterocycles. The van der Waals surface area contributed by atoms with Crippen molar-refractivity contribution < 1.29 is 0 Å². The summed E-state index contributed by atoms with van der Waals surface area (Å²) in [4.78, 5) is 0. The van der Waals surface area contributed by atoms with Crippen molar-refractivity contribution in [2.75, 3.05) is 12.4 Å². The fraction of sp³-hybridized carbons (Fsp3) is 0.385. The topological polar surface area (TPSA) is 38.9 Å². The van der Waals surface area contributed by atoms with Gasteiger partial charge in [0.1, 0.15) is 25.3 Å². The lowest BCUT2D eigenvalue weighted by molar-refractivity contribution is 0.597. The normalized spacial score (nSPS) is 13.1. The van der Waals surface area contributed by atoms with E-state index in [1.807, 2.05) is 0 Å². The maximum absolute atomic E-state index is 5.94. The van der Waals surface area contributed by atoms with E-state index in [1.165, 1.54) is 27.1 Å². The van der Waals surface area contributed by atoms with Crippen molar-refractivity contribution in [3.05, 3.63) is 17.7 Å². The zero-order chi connectivity index (χ0) is 12.8. The summed E-state index contributed by atoms with van der Waals surface area (Å²) in [5.74, 6) is 0.647. The number of anilines is 1. The average molecular weight is 265 g/mol. The van der Waals surface area contributed by atoms with Crippen LogP contribution in [0.15, 0.2) is 12.1 Å². The second-order valence-electron chi connectivity index (χ2n) is 5.39. The molecule has 2 aromatic rings. The van der Waals surface area contributed by atoms with Crippen LogP contribution in [0.2, 0.25) is 0 Å². The van der Waals surface area contributed by atoms with Gasteiger partial charge in [-0.25, -0.2) is 0 Å². The fourth-order valence-electron chi connectivity index (χ4n) is 1.82. The van der Waals surface area contributed by atoms with Crippen molar-refractivity contribution in [2.24, 2.45) is 0 Å². The molecule has 1 heterocycles. The minimum Gasteiger partial charge on any atom is -0.382 e. The molecule has 0 radical (unpaired) electrons. The Kier molecular flexibility index (Phi) is 3.01. The SMILES string of the molecule is C=[P+](C)c1cc(C(C)(C)C)c2snc(N)c2c1. The summed E-state index contributed by atoms with van der Waals surface area (Å²) in [5, 5.41) is 2.39. The van der Waals surface area contributed by atoms with Gasteiger partial charge in [-0.1, -0.05) is 20.8 Å². The van der Waals surface area contributed by atoms with Gasteiger partial charge in [0.25, 0.3) is 0 Å². The number of hydrogen-bond donors (Lipinski definition) is 1. The van der Waals surface area contributed by atoms with Crippen LogP contribution in [0.3, 0.4) is 0 Å². The van der Waals surface area contributed by atoms with E-state index >= 15 is 0 Å². The van der Waals surface area contributed by atoms with Crippen molar-refractivity contribution in [1.82, 2.24) is 4.37 Å². The molecule has 2 rings (SSSR count). The average Bonchev–Trinajstić information content (AvgIpc) is 2.58. The van der Waals surface area contributed by atoms with E-state index in [1.54, 1.807) is 0 Å². The third-order valence-electron chi connectivity index (χ3n) is 2.83. The molecule has 1 atom stereocenters. The first-order valence-corrected chi connectivity index (χ1v) is 8.29. The Morgan fingerprint density at radius 2 is 2.00 bits per heavy atom. The first kappa shape index (κ1) is 12.5. The van der Waals surface area contributed by atoms with Crippen LogP contribution >= 0.6 is 19.1 Å². The molecular weight excluding hydrogens is 247 g/mol. The zero-order valence-electron chi connectivity index (χ0n) is 10.7. The molecule has 2 N–H and O–H groups in total.